The highest BCUT2D eigenvalue weighted by Crippen LogP contribution is 2.31. The van der Waals surface area contributed by atoms with Crippen LogP contribution in [-0.4, -0.2) is 9.13 Å². The molecule has 3 heteroatoms. The van der Waals surface area contributed by atoms with Gasteiger partial charge in [0.25, 0.3) is 0 Å². The lowest BCUT2D eigenvalue weighted by Gasteiger charge is -2.09. The molecule has 3 nitrogen and oxygen atoms in total. The molecule has 0 saturated carbocycles. The smallest absolute Gasteiger partial charge is 0.294 e. The van der Waals surface area contributed by atoms with E-state index in [0.29, 0.717) is 0 Å². The van der Waals surface area contributed by atoms with Crippen LogP contribution in [0.5, 0.6) is 0 Å². The van der Waals surface area contributed by atoms with E-state index in [2.05, 4.69) is 62.4 Å². The minimum atomic E-state index is -0.00819. The number of benzene rings is 2. The Balaban J connectivity index is 2.30. The summed E-state index contributed by atoms with van der Waals surface area (Å²) in [6.45, 7) is 4.13. The van der Waals surface area contributed by atoms with Crippen LogP contribution >= 0.6 is 0 Å². The van der Waals surface area contributed by atoms with Gasteiger partial charge in [-0.3, -0.25) is 9.13 Å². The number of nitrogens with zero attached hydrogens (tertiary/aromatic N) is 2. The molecule has 0 amide bonds. The molecule has 3 aromatic rings. The molecule has 0 bridgehead atoms. The van der Waals surface area contributed by atoms with Crippen LogP contribution in [0.3, 0.4) is 0 Å². The molecule has 0 fully saturated rings. The third-order valence-electron chi connectivity index (χ3n) is 4.12. The number of hydrogen-bond acceptors (Lipinski definition) is 1. The van der Waals surface area contributed by atoms with Crippen molar-refractivity contribution >= 4 is 0 Å². The Kier molecular flexibility index (Phi) is 3.49. The summed E-state index contributed by atoms with van der Waals surface area (Å²) in [7, 11) is 3.66. The van der Waals surface area contributed by atoms with E-state index in [9.17, 15) is 4.79 Å². The zero-order valence-corrected chi connectivity index (χ0v) is 13.4. The quantitative estimate of drug-likeness (QED) is 0.708. The molecule has 112 valence electrons. The molecule has 0 aliphatic heterocycles. The van der Waals surface area contributed by atoms with Gasteiger partial charge in [0, 0.05) is 25.2 Å². The van der Waals surface area contributed by atoms with Crippen molar-refractivity contribution in [2.75, 3.05) is 0 Å². The van der Waals surface area contributed by atoms with E-state index >= 15 is 0 Å². The molecule has 1 heterocycles. The molecule has 2 aromatic carbocycles. The average Bonchev–Trinajstić information content (AvgIpc) is 2.74. The molecule has 0 radical (unpaired) electrons. The van der Waals surface area contributed by atoms with E-state index in [1.807, 2.05) is 14.1 Å². The van der Waals surface area contributed by atoms with Crippen LogP contribution in [0.2, 0.25) is 0 Å². The predicted molar refractivity (Wildman–Crippen MR) is 91.0 cm³/mol. The summed E-state index contributed by atoms with van der Waals surface area (Å²) in [5, 5.41) is 0. The molecule has 0 saturated heterocycles. The molecule has 3 rings (SSSR count). The fourth-order valence-corrected chi connectivity index (χ4v) is 2.82. The minimum Gasteiger partial charge on any atom is -0.294 e. The summed E-state index contributed by atoms with van der Waals surface area (Å²) in [4.78, 5) is 12.4. The first-order valence-corrected chi connectivity index (χ1v) is 7.39. The predicted octanol–water partition coefficient (Wildman–Crippen LogP) is 3.67. The fourth-order valence-electron chi connectivity index (χ4n) is 2.82. The third kappa shape index (κ3) is 2.29. The van der Waals surface area contributed by atoms with Crippen molar-refractivity contribution in [3.05, 3.63) is 70.1 Å². The standard InChI is InChI=1S/C19H20N2O/c1-13-5-9-15(10-6-13)17-18(21(4)19(22)20(17)3)16-11-7-14(2)8-12-16/h5-12H,1-4H3. The number of aromatic nitrogens is 2. The normalized spacial score (nSPS) is 10.9. The monoisotopic (exact) mass is 292 g/mol. The molecular weight excluding hydrogens is 272 g/mol. The Morgan fingerprint density at radius 1 is 0.636 bits per heavy atom. The molecule has 0 aliphatic rings. The highest BCUT2D eigenvalue weighted by molar-refractivity contribution is 5.79. The molecular formula is C19H20N2O. The first-order chi connectivity index (χ1) is 10.5. The van der Waals surface area contributed by atoms with Crippen molar-refractivity contribution in [3.63, 3.8) is 0 Å². The third-order valence-corrected chi connectivity index (χ3v) is 4.12. The van der Waals surface area contributed by atoms with E-state index in [4.69, 9.17) is 0 Å². The van der Waals surface area contributed by atoms with Gasteiger partial charge in [-0.1, -0.05) is 59.7 Å². The second kappa shape index (κ2) is 5.34. The van der Waals surface area contributed by atoms with Crippen LogP contribution in [0.25, 0.3) is 22.5 Å². The molecule has 0 aliphatic carbocycles. The van der Waals surface area contributed by atoms with Gasteiger partial charge in [-0.25, -0.2) is 4.79 Å². The lowest BCUT2D eigenvalue weighted by atomic mass is 10.0. The van der Waals surface area contributed by atoms with Crippen LogP contribution < -0.4 is 5.69 Å². The second-order valence-electron chi connectivity index (χ2n) is 5.83. The van der Waals surface area contributed by atoms with Gasteiger partial charge in [-0.15, -0.1) is 0 Å². The Morgan fingerprint density at radius 3 is 1.27 bits per heavy atom. The second-order valence-corrected chi connectivity index (χ2v) is 5.83. The SMILES string of the molecule is Cc1ccc(-c2c(-c3ccc(C)cc3)n(C)c(=O)n2C)cc1. The van der Waals surface area contributed by atoms with Crippen LogP contribution in [0.4, 0.5) is 0 Å². The molecule has 0 atom stereocenters. The fraction of sp³-hybridized carbons (Fsp3) is 0.211. The van der Waals surface area contributed by atoms with Gasteiger partial charge in [-0.05, 0) is 13.8 Å². The van der Waals surface area contributed by atoms with Gasteiger partial charge >= 0.3 is 5.69 Å². The summed E-state index contributed by atoms with van der Waals surface area (Å²) >= 11 is 0. The molecule has 1 aromatic heterocycles. The molecule has 0 unspecified atom stereocenters. The lowest BCUT2D eigenvalue weighted by molar-refractivity contribution is 0.780. The first-order valence-electron chi connectivity index (χ1n) is 7.39. The molecule has 0 N–H and O–H groups in total. The van der Waals surface area contributed by atoms with Crippen molar-refractivity contribution in [2.45, 2.75) is 13.8 Å². The van der Waals surface area contributed by atoms with Crippen molar-refractivity contribution in [1.82, 2.24) is 9.13 Å². The summed E-state index contributed by atoms with van der Waals surface area (Å²) in [5.74, 6) is 0. The van der Waals surface area contributed by atoms with Crippen molar-refractivity contribution in [1.29, 1.82) is 0 Å². The zero-order valence-electron chi connectivity index (χ0n) is 13.4. The topological polar surface area (TPSA) is 26.9 Å². The van der Waals surface area contributed by atoms with Crippen LogP contribution in [-0.2, 0) is 14.1 Å². The average molecular weight is 292 g/mol. The van der Waals surface area contributed by atoms with Crippen LogP contribution in [0.1, 0.15) is 11.1 Å². The first kappa shape index (κ1) is 14.4. The Labute approximate surface area is 130 Å². The number of hydrogen-bond donors (Lipinski definition) is 0. The van der Waals surface area contributed by atoms with Crippen LogP contribution in [0, 0.1) is 13.8 Å². The van der Waals surface area contributed by atoms with Crippen molar-refractivity contribution in [3.8, 4) is 22.5 Å². The minimum absolute atomic E-state index is 0.00819. The lowest BCUT2D eigenvalue weighted by Crippen LogP contribution is -2.20. The van der Waals surface area contributed by atoms with Gasteiger partial charge < -0.3 is 0 Å². The Hall–Kier alpha value is -2.55. The van der Waals surface area contributed by atoms with Crippen LogP contribution in [0.15, 0.2) is 53.3 Å². The Bertz CT molecular complexity index is 794. The summed E-state index contributed by atoms with van der Waals surface area (Å²) in [6.07, 6.45) is 0. The van der Waals surface area contributed by atoms with E-state index in [1.54, 1.807) is 9.13 Å². The Morgan fingerprint density at radius 2 is 0.955 bits per heavy atom. The number of imidazole rings is 1. The van der Waals surface area contributed by atoms with Crippen molar-refractivity contribution in [2.24, 2.45) is 14.1 Å². The zero-order chi connectivity index (χ0) is 15.9. The molecule has 22 heavy (non-hydrogen) atoms. The maximum atomic E-state index is 12.4. The van der Waals surface area contributed by atoms with E-state index < -0.39 is 0 Å². The summed E-state index contributed by atoms with van der Waals surface area (Å²) in [6, 6.07) is 16.6. The maximum Gasteiger partial charge on any atom is 0.328 e. The molecule has 0 spiro atoms. The van der Waals surface area contributed by atoms with Gasteiger partial charge in [0.15, 0.2) is 0 Å². The van der Waals surface area contributed by atoms with Gasteiger partial charge in [0.1, 0.15) is 0 Å². The van der Waals surface area contributed by atoms with E-state index in [0.717, 1.165) is 22.5 Å². The summed E-state index contributed by atoms with van der Waals surface area (Å²) in [5.41, 5.74) is 6.43. The number of aryl methyl sites for hydroxylation is 2. The van der Waals surface area contributed by atoms with Crippen molar-refractivity contribution < 1.29 is 0 Å². The van der Waals surface area contributed by atoms with Gasteiger partial charge in [0.2, 0.25) is 0 Å². The highest BCUT2D eigenvalue weighted by atomic mass is 16.1. The van der Waals surface area contributed by atoms with E-state index in [-0.39, 0.29) is 5.69 Å². The van der Waals surface area contributed by atoms with Gasteiger partial charge in [0.05, 0.1) is 11.4 Å². The highest BCUT2D eigenvalue weighted by Gasteiger charge is 2.18. The van der Waals surface area contributed by atoms with E-state index in [1.165, 1.54) is 11.1 Å². The van der Waals surface area contributed by atoms with Gasteiger partial charge in [-0.2, -0.15) is 0 Å². The largest absolute Gasteiger partial charge is 0.328 e. The number of rotatable bonds is 2. The summed E-state index contributed by atoms with van der Waals surface area (Å²) < 4.78 is 3.44. The maximum absolute atomic E-state index is 12.4.